The molecule has 6 heteroatoms. The number of nitrogen functional groups attached to an aromatic ring is 1. The van der Waals surface area contributed by atoms with Gasteiger partial charge in [0.05, 0.1) is 16.7 Å². The minimum absolute atomic E-state index is 0.293. The predicted molar refractivity (Wildman–Crippen MR) is 77.6 cm³/mol. The maximum atomic E-state index is 6.19. The first kappa shape index (κ1) is 15.3. The van der Waals surface area contributed by atoms with Gasteiger partial charge in [0.25, 0.3) is 0 Å². The number of methoxy groups -OCH3 is 1. The van der Waals surface area contributed by atoms with Crippen molar-refractivity contribution in [1.82, 2.24) is 4.98 Å². The van der Waals surface area contributed by atoms with E-state index in [1.54, 1.807) is 13.2 Å². The van der Waals surface area contributed by atoms with E-state index in [0.717, 1.165) is 6.42 Å². The van der Waals surface area contributed by atoms with E-state index >= 15 is 0 Å². The minimum atomic E-state index is 0.293. The van der Waals surface area contributed by atoms with E-state index in [9.17, 15) is 0 Å². The molecular weight excluding hydrogens is 273 g/mol. The fourth-order valence-electron chi connectivity index (χ4n) is 1.62. The molecule has 0 bridgehead atoms. The van der Waals surface area contributed by atoms with Crippen LogP contribution < -0.4 is 10.6 Å². The molecule has 1 rings (SSSR count). The van der Waals surface area contributed by atoms with Crippen LogP contribution >= 0.6 is 23.2 Å². The molecule has 1 heterocycles. The zero-order valence-electron chi connectivity index (χ0n) is 10.9. The molecule has 0 amide bonds. The van der Waals surface area contributed by atoms with Gasteiger partial charge in [0.15, 0.2) is 0 Å². The predicted octanol–water partition coefficient (Wildman–Crippen LogP) is 3.22. The van der Waals surface area contributed by atoms with Crippen molar-refractivity contribution >= 4 is 34.8 Å². The Kier molecular flexibility index (Phi) is 5.99. The number of aromatic nitrogens is 1. The quantitative estimate of drug-likeness (QED) is 0.874. The molecule has 1 aromatic rings. The van der Waals surface area contributed by atoms with Crippen LogP contribution in [0.25, 0.3) is 0 Å². The van der Waals surface area contributed by atoms with Crippen molar-refractivity contribution in [2.24, 2.45) is 0 Å². The first-order chi connectivity index (χ1) is 8.51. The van der Waals surface area contributed by atoms with Crippen LogP contribution in [0.2, 0.25) is 10.0 Å². The summed E-state index contributed by atoms with van der Waals surface area (Å²) in [4.78, 5) is 6.36. The first-order valence-corrected chi connectivity index (χ1v) is 6.63. The minimum Gasteiger partial charge on any atom is -0.383 e. The summed E-state index contributed by atoms with van der Waals surface area (Å²) in [5, 5.41) is 0.880. The molecule has 0 aliphatic heterocycles. The Morgan fingerprint density at radius 3 is 2.67 bits per heavy atom. The highest BCUT2D eigenvalue weighted by Gasteiger charge is 2.18. The van der Waals surface area contributed by atoms with Crippen LogP contribution in [0, 0.1) is 0 Å². The smallest absolute Gasteiger partial charge is 0.150 e. The van der Waals surface area contributed by atoms with Crippen LogP contribution in [0.3, 0.4) is 0 Å². The molecule has 0 aromatic carbocycles. The van der Waals surface area contributed by atoms with E-state index in [0.29, 0.717) is 40.9 Å². The second-order valence-electron chi connectivity index (χ2n) is 4.10. The van der Waals surface area contributed by atoms with Crippen molar-refractivity contribution < 1.29 is 4.74 Å². The molecule has 18 heavy (non-hydrogen) atoms. The van der Waals surface area contributed by atoms with Crippen molar-refractivity contribution in [2.75, 3.05) is 30.9 Å². The molecule has 1 atom stereocenters. The maximum Gasteiger partial charge on any atom is 0.150 e. The Bertz CT molecular complexity index is 401. The first-order valence-electron chi connectivity index (χ1n) is 5.88. The average molecular weight is 292 g/mol. The van der Waals surface area contributed by atoms with Gasteiger partial charge in [-0.3, -0.25) is 0 Å². The molecule has 1 aromatic heterocycles. The van der Waals surface area contributed by atoms with Gasteiger partial charge in [-0.25, -0.2) is 4.98 Å². The summed E-state index contributed by atoms with van der Waals surface area (Å²) in [5.41, 5.74) is 5.74. The van der Waals surface area contributed by atoms with Gasteiger partial charge in [0, 0.05) is 19.7 Å². The molecule has 0 saturated carbocycles. The average Bonchev–Trinajstić information content (AvgIpc) is 2.35. The molecule has 0 aliphatic rings. The lowest BCUT2D eigenvalue weighted by Crippen LogP contribution is -2.36. The van der Waals surface area contributed by atoms with E-state index in [4.69, 9.17) is 33.7 Å². The van der Waals surface area contributed by atoms with E-state index < -0.39 is 0 Å². The highest BCUT2D eigenvalue weighted by molar-refractivity contribution is 6.37. The van der Waals surface area contributed by atoms with Crippen molar-refractivity contribution in [3.8, 4) is 0 Å². The molecule has 2 N–H and O–H groups in total. The van der Waals surface area contributed by atoms with Crippen LogP contribution in [-0.4, -0.2) is 31.3 Å². The molecule has 0 saturated heterocycles. The third kappa shape index (κ3) is 3.64. The third-order valence-corrected chi connectivity index (χ3v) is 3.45. The lowest BCUT2D eigenvalue weighted by Gasteiger charge is -2.30. The number of hydrogen-bond acceptors (Lipinski definition) is 4. The van der Waals surface area contributed by atoms with E-state index in [1.165, 1.54) is 0 Å². The highest BCUT2D eigenvalue weighted by atomic mass is 35.5. The normalized spacial score (nSPS) is 12.5. The molecule has 0 spiro atoms. The largest absolute Gasteiger partial charge is 0.383 e. The van der Waals surface area contributed by atoms with Crippen molar-refractivity contribution in [2.45, 2.75) is 26.3 Å². The van der Waals surface area contributed by atoms with Crippen LogP contribution in [0.15, 0.2) is 6.07 Å². The summed E-state index contributed by atoms with van der Waals surface area (Å²) in [6, 6.07) is 1.92. The van der Waals surface area contributed by atoms with Gasteiger partial charge in [-0.05, 0) is 19.4 Å². The number of hydrogen-bond donors (Lipinski definition) is 1. The van der Waals surface area contributed by atoms with Crippen molar-refractivity contribution in [3.63, 3.8) is 0 Å². The standard InChI is InChI=1S/C12H19Cl2N3O/c1-4-8(2)17(5-6-18-3)12-10(14)7-9(13)11(15)16-12/h7-8H,4-6H2,1-3H3,(H2,15,16). The molecule has 102 valence electrons. The molecule has 1 unspecified atom stereocenters. The summed E-state index contributed by atoms with van der Waals surface area (Å²) >= 11 is 12.1. The fourth-order valence-corrected chi connectivity index (χ4v) is 2.08. The lowest BCUT2D eigenvalue weighted by atomic mass is 10.2. The van der Waals surface area contributed by atoms with Crippen molar-refractivity contribution in [1.29, 1.82) is 0 Å². The van der Waals surface area contributed by atoms with Crippen molar-refractivity contribution in [3.05, 3.63) is 16.1 Å². The van der Waals surface area contributed by atoms with Gasteiger partial charge in [-0.15, -0.1) is 0 Å². The number of halogens is 2. The lowest BCUT2D eigenvalue weighted by molar-refractivity contribution is 0.203. The van der Waals surface area contributed by atoms with Crippen LogP contribution in [0.5, 0.6) is 0 Å². The van der Waals surface area contributed by atoms with Crippen LogP contribution in [0.1, 0.15) is 20.3 Å². The van der Waals surface area contributed by atoms with Gasteiger partial charge >= 0.3 is 0 Å². The van der Waals surface area contributed by atoms with Gasteiger partial charge in [-0.2, -0.15) is 0 Å². The fraction of sp³-hybridized carbons (Fsp3) is 0.583. The molecule has 0 radical (unpaired) electrons. The maximum absolute atomic E-state index is 6.19. The zero-order valence-corrected chi connectivity index (χ0v) is 12.4. The number of nitrogens with two attached hydrogens (primary N) is 1. The SMILES string of the molecule is CCC(C)N(CCOC)c1nc(N)c(Cl)cc1Cl. The Morgan fingerprint density at radius 2 is 2.11 bits per heavy atom. The Labute approximate surface area is 118 Å². The summed E-state index contributed by atoms with van der Waals surface area (Å²) in [5.74, 6) is 0.951. The van der Waals surface area contributed by atoms with Crippen LogP contribution in [0.4, 0.5) is 11.6 Å². The Balaban J connectivity index is 3.07. The summed E-state index contributed by atoms with van der Waals surface area (Å²) in [6.07, 6.45) is 0.976. The van der Waals surface area contributed by atoms with Gasteiger partial charge in [0.2, 0.25) is 0 Å². The van der Waals surface area contributed by atoms with E-state index in [-0.39, 0.29) is 0 Å². The zero-order chi connectivity index (χ0) is 13.7. The second-order valence-corrected chi connectivity index (χ2v) is 4.92. The number of rotatable bonds is 6. The topological polar surface area (TPSA) is 51.4 Å². The second kappa shape index (κ2) is 7.02. The molecule has 0 fully saturated rings. The Morgan fingerprint density at radius 1 is 1.44 bits per heavy atom. The molecule has 0 aliphatic carbocycles. The third-order valence-electron chi connectivity index (χ3n) is 2.87. The molecule has 4 nitrogen and oxygen atoms in total. The van der Waals surface area contributed by atoms with E-state index in [1.807, 2.05) is 0 Å². The monoisotopic (exact) mass is 291 g/mol. The Hall–Kier alpha value is -0.710. The summed E-state index contributed by atoms with van der Waals surface area (Å²) in [6.45, 7) is 5.53. The van der Waals surface area contributed by atoms with Gasteiger partial charge in [0.1, 0.15) is 11.6 Å². The van der Waals surface area contributed by atoms with Crippen LogP contribution in [-0.2, 0) is 4.74 Å². The van der Waals surface area contributed by atoms with Gasteiger partial charge < -0.3 is 15.4 Å². The molecular formula is C12H19Cl2N3O. The summed E-state index contributed by atoms with van der Waals surface area (Å²) in [7, 11) is 1.67. The number of pyridine rings is 1. The number of anilines is 2. The highest BCUT2D eigenvalue weighted by Crippen LogP contribution is 2.31. The van der Waals surface area contributed by atoms with Gasteiger partial charge in [-0.1, -0.05) is 30.1 Å². The number of ether oxygens (including phenoxy) is 1. The number of nitrogens with zero attached hydrogens (tertiary/aromatic N) is 2. The van der Waals surface area contributed by atoms with E-state index in [2.05, 4.69) is 23.7 Å². The summed E-state index contributed by atoms with van der Waals surface area (Å²) < 4.78 is 5.11.